The lowest BCUT2D eigenvalue weighted by molar-refractivity contribution is -0.384. The van der Waals surface area contributed by atoms with E-state index in [-0.39, 0.29) is 28.4 Å². The van der Waals surface area contributed by atoms with Gasteiger partial charge in [0.1, 0.15) is 5.75 Å². The molecule has 6 nitrogen and oxygen atoms in total. The standard InChI is InChI=1S/C19H19ClN2O4/c1-12(26-18-10-9-14(22(24)25)11-16(18)20)19(23)21-17-8-4-6-13-5-2-3-7-15(13)17/h2-3,5,7,9-12,17H,4,6,8H2,1H3,(H,21,23)/t12-,17+/m1/s1. The van der Waals surface area contributed by atoms with Crippen molar-refractivity contribution in [2.75, 3.05) is 0 Å². The first-order chi connectivity index (χ1) is 12.5. The third-order valence-corrected chi connectivity index (χ3v) is 4.78. The molecule has 0 radical (unpaired) electrons. The van der Waals surface area contributed by atoms with Gasteiger partial charge in [0, 0.05) is 12.1 Å². The zero-order chi connectivity index (χ0) is 18.7. The summed E-state index contributed by atoms with van der Waals surface area (Å²) in [5.74, 6) is -0.00918. The van der Waals surface area contributed by atoms with Crippen LogP contribution in [0.3, 0.4) is 0 Å². The number of hydrogen-bond acceptors (Lipinski definition) is 4. The average molecular weight is 375 g/mol. The predicted molar refractivity (Wildman–Crippen MR) is 98.5 cm³/mol. The second kappa shape index (κ2) is 7.74. The van der Waals surface area contributed by atoms with Crippen LogP contribution in [0, 0.1) is 10.1 Å². The Morgan fingerprint density at radius 2 is 2.12 bits per heavy atom. The molecule has 2 aromatic carbocycles. The molecule has 0 saturated heterocycles. The maximum absolute atomic E-state index is 12.5. The number of nitrogens with one attached hydrogen (secondary N) is 1. The van der Waals surface area contributed by atoms with Gasteiger partial charge < -0.3 is 10.1 Å². The number of non-ortho nitro benzene ring substituents is 1. The van der Waals surface area contributed by atoms with Crippen LogP contribution >= 0.6 is 11.6 Å². The Balaban J connectivity index is 1.67. The van der Waals surface area contributed by atoms with Crippen LogP contribution in [0.4, 0.5) is 5.69 Å². The summed E-state index contributed by atoms with van der Waals surface area (Å²) in [5, 5.41) is 13.9. The number of carbonyl (C=O) groups is 1. The van der Waals surface area contributed by atoms with Gasteiger partial charge in [0.2, 0.25) is 0 Å². The monoisotopic (exact) mass is 374 g/mol. The molecule has 1 N–H and O–H groups in total. The molecule has 0 fully saturated rings. The molecule has 3 rings (SSSR count). The van der Waals surface area contributed by atoms with E-state index < -0.39 is 11.0 Å². The van der Waals surface area contributed by atoms with Gasteiger partial charge in [0.25, 0.3) is 11.6 Å². The smallest absolute Gasteiger partial charge is 0.271 e. The fourth-order valence-corrected chi connectivity index (χ4v) is 3.36. The minimum absolute atomic E-state index is 0.0363. The van der Waals surface area contributed by atoms with Gasteiger partial charge in [-0.25, -0.2) is 0 Å². The van der Waals surface area contributed by atoms with Crippen LogP contribution < -0.4 is 10.1 Å². The largest absolute Gasteiger partial charge is 0.479 e. The van der Waals surface area contributed by atoms with Crippen molar-refractivity contribution in [3.8, 4) is 5.75 Å². The number of ether oxygens (including phenoxy) is 1. The van der Waals surface area contributed by atoms with E-state index in [1.54, 1.807) is 6.92 Å². The van der Waals surface area contributed by atoms with Gasteiger partial charge in [-0.3, -0.25) is 14.9 Å². The van der Waals surface area contributed by atoms with E-state index in [0.717, 1.165) is 24.8 Å². The molecule has 7 heteroatoms. The van der Waals surface area contributed by atoms with Gasteiger partial charge in [-0.1, -0.05) is 35.9 Å². The Hall–Kier alpha value is -2.60. The molecular weight excluding hydrogens is 356 g/mol. The Morgan fingerprint density at radius 3 is 2.85 bits per heavy atom. The topological polar surface area (TPSA) is 81.5 Å². The summed E-state index contributed by atoms with van der Waals surface area (Å²) in [6.07, 6.45) is 2.15. The maximum Gasteiger partial charge on any atom is 0.271 e. The van der Waals surface area contributed by atoms with Gasteiger partial charge in [-0.05, 0) is 43.4 Å². The number of nitrogens with zero attached hydrogens (tertiary/aromatic N) is 1. The summed E-state index contributed by atoms with van der Waals surface area (Å²) in [6, 6.07) is 12.0. The summed E-state index contributed by atoms with van der Waals surface area (Å²) in [5.41, 5.74) is 2.28. The van der Waals surface area contributed by atoms with E-state index in [9.17, 15) is 14.9 Å². The van der Waals surface area contributed by atoms with Crippen LogP contribution in [-0.4, -0.2) is 16.9 Å². The molecule has 1 aliphatic carbocycles. The van der Waals surface area contributed by atoms with E-state index >= 15 is 0 Å². The summed E-state index contributed by atoms with van der Waals surface area (Å²) >= 11 is 6.02. The Kier molecular flexibility index (Phi) is 5.42. The maximum atomic E-state index is 12.5. The first-order valence-corrected chi connectivity index (χ1v) is 8.82. The summed E-state index contributed by atoms with van der Waals surface area (Å²) in [4.78, 5) is 22.7. The van der Waals surface area contributed by atoms with E-state index in [0.29, 0.717) is 0 Å². The van der Waals surface area contributed by atoms with Gasteiger partial charge in [-0.15, -0.1) is 0 Å². The quantitative estimate of drug-likeness (QED) is 0.627. The minimum atomic E-state index is -0.775. The van der Waals surface area contributed by atoms with Crippen molar-refractivity contribution in [3.05, 3.63) is 68.7 Å². The van der Waals surface area contributed by atoms with E-state index in [2.05, 4.69) is 11.4 Å². The van der Waals surface area contributed by atoms with Crippen molar-refractivity contribution in [2.45, 2.75) is 38.3 Å². The molecule has 0 aliphatic heterocycles. The third kappa shape index (κ3) is 3.96. The summed E-state index contributed by atoms with van der Waals surface area (Å²) in [7, 11) is 0. The van der Waals surface area contributed by atoms with Gasteiger partial charge in [0.05, 0.1) is 16.0 Å². The van der Waals surface area contributed by atoms with Crippen LogP contribution in [0.25, 0.3) is 0 Å². The first kappa shape index (κ1) is 18.2. The third-order valence-electron chi connectivity index (χ3n) is 4.49. The Morgan fingerprint density at radius 1 is 1.35 bits per heavy atom. The second-order valence-corrected chi connectivity index (χ2v) is 6.69. The van der Waals surface area contributed by atoms with E-state index in [1.165, 1.54) is 23.8 Å². The van der Waals surface area contributed by atoms with E-state index in [1.807, 2.05) is 18.2 Å². The second-order valence-electron chi connectivity index (χ2n) is 6.28. The molecule has 0 bridgehead atoms. The molecule has 2 aromatic rings. The number of rotatable bonds is 5. The molecule has 0 unspecified atom stereocenters. The van der Waals surface area contributed by atoms with Crippen LogP contribution in [0.2, 0.25) is 5.02 Å². The predicted octanol–water partition coefficient (Wildman–Crippen LogP) is 4.21. The molecular formula is C19H19ClN2O4. The minimum Gasteiger partial charge on any atom is -0.479 e. The highest BCUT2D eigenvalue weighted by Crippen LogP contribution is 2.31. The van der Waals surface area contributed by atoms with Crippen molar-refractivity contribution in [1.29, 1.82) is 0 Å². The van der Waals surface area contributed by atoms with Gasteiger partial charge in [-0.2, -0.15) is 0 Å². The molecule has 1 aliphatic rings. The van der Waals surface area contributed by atoms with Crippen molar-refractivity contribution in [2.24, 2.45) is 0 Å². The number of hydrogen-bond donors (Lipinski definition) is 1. The Bertz CT molecular complexity index is 840. The van der Waals surface area contributed by atoms with Gasteiger partial charge >= 0.3 is 0 Å². The fourth-order valence-electron chi connectivity index (χ4n) is 3.14. The summed E-state index contributed by atoms with van der Waals surface area (Å²) < 4.78 is 5.60. The molecule has 0 aromatic heterocycles. The van der Waals surface area contributed by atoms with Crippen molar-refractivity contribution in [3.63, 3.8) is 0 Å². The number of amides is 1. The lowest BCUT2D eigenvalue weighted by Gasteiger charge is -2.27. The van der Waals surface area contributed by atoms with Crippen LogP contribution in [0.1, 0.15) is 36.9 Å². The number of halogens is 1. The Labute approximate surface area is 156 Å². The van der Waals surface area contributed by atoms with Crippen LogP contribution in [0.15, 0.2) is 42.5 Å². The number of carbonyl (C=O) groups excluding carboxylic acids is 1. The highest BCUT2D eigenvalue weighted by Gasteiger charge is 2.25. The zero-order valence-electron chi connectivity index (χ0n) is 14.3. The molecule has 1 amide bonds. The summed E-state index contributed by atoms with van der Waals surface area (Å²) in [6.45, 7) is 1.63. The molecule has 0 spiro atoms. The van der Waals surface area contributed by atoms with E-state index in [4.69, 9.17) is 16.3 Å². The van der Waals surface area contributed by atoms with Crippen LogP contribution in [-0.2, 0) is 11.2 Å². The SMILES string of the molecule is C[C@@H](Oc1ccc([N+](=O)[O-])cc1Cl)C(=O)N[C@H]1CCCc2ccccc21. The normalized spacial score (nSPS) is 17.1. The number of nitro benzene ring substituents is 1. The van der Waals surface area contributed by atoms with Crippen molar-refractivity contribution in [1.82, 2.24) is 5.32 Å². The number of aryl methyl sites for hydroxylation is 1. The lowest BCUT2D eigenvalue weighted by atomic mass is 9.87. The fraction of sp³-hybridized carbons (Fsp3) is 0.316. The zero-order valence-corrected chi connectivity index (χ0v) is 15.0. The average Bonchev–Trinajstić information content (AvgIpc) is 2.63. The first-order valence-electron chi connectivity index (χ1n) is 8.44. The van der Waals surface area contributed by atoms with Crippen LogP contribution in [0.5, 0.6) is 5.75 Å². The molecule has 0 heterocycles. The van der Waals surface area contributed by atoms with Crippen molar-refractivity contribution < 1.29 is 14.5 Å². The lowest BCUT2D eigenvalue weighted by Crippen LogP contribution is -2.39. The molecule has 26 heavy (non-hydrogen) atoms. The molecule has 0 saturated carbocycles. The van der Waals surface area contributed by atoms with Gasteiger partial charge in [0.15, 0.2) is 6.10 Å². The molecule has 2 atom stereocenters. The number of fused-ring (bicyclic) bond motifs is 1. The number of nitro groups is 1. The highest BCUT2D eigenvalue weighted by molar-refractivity contribution is 6.32. The molecule has 136 valence electrons. The number of benzene rings is 2. The van der Waals surface area contributed by atoms with Crippen molar-refractivity contribution >= 4 is 23.2 Å². The highest BCUT2D eigenvalue weighted by atomic mass is 35.5.